The fourth-order valence-electron chi connectivity index (χ4n) is 3.18. The fourth-order valence-corrected chi connectivity index (χ4v) is 5.61. The first-order valence-electron chi connectivity index (χ1n) is 7.49. The van der Waals surface area contributed by atoms with E-state index in [-0.39, 0.29) is 10.9 Å². The molecule has 0 saturated carbocycles. The lowest BCUT2D eigenvalue weighted by molar-refractivity contribution is 0.238. The first-order chi connectivity index (χ1) is 7.81. The van der Waals surface area contributed by atoms with Crippen LogP contribution < -0.4 is 0 Å². The second-order valence-corrected chi connectivity index (χ2v) is 11.8. The molecular formula is C17H38S. The van der Waals surface area contributed by atoms with E-state index in [1.807, 2.05) is 0 Å². The first kappa shape index (κ1) is 18.4. The highest BCUT2D eigenvalue weighted by molar-refractivity contribution is 8.16. The van der Waals surface area contributed by atoms with Crippen LogP contribution in [0.3, 0.4) is 0 Å². The maximum atomic E-state index is 2.50. The molecule has 0 nitrogen and oxygen atoms in total. The van der Waals surface area contributed by atoms with E-state index >= 15 is 0 Å². The van der Waals surface area contributed by atoms with Gasteiger partial charge >= 0.3 is 0 Å². The number of hydrogen-bond donors (Lipinski definition) is 1. The van der Waals surface area contributed by atoms with Gasteiger partial charge in [0, 0.05) is 0 Å². The molecule has 0 amide bonds. The molecule has 0 bridgehead atoms. The molecule has 0 aliphatic heterocycles. The van der Waals surface area contributed by atoms with Gasteiger partial charge in [-0.2, -0.15) is 0 Å². The van der Waals surface area contributed by atoms with E-state index in [4.69, 9.17) is 0 Å². The molecular weight excluding hydrogens is 236 g/mol. The minimum Gasteiger partial charge on any atom is -0.256 e. The van der Waals surface area contributed by atoms with Crippen molar-refractivity contribution in [1.82, 2.24) is 0 Å². The summed E-state index contributed by atoms with van der Waals surface area (Å²) in [4.78, 5) is 0. The number of hydrogen-bond acceptors (Lipinski definition) is 0. The third kappa shape index (κ3) is 11.4. The lowest BCUT2D eigenvalue weighted by Gasteiger charge is -2.36. The van der Waals surface area contributed by atoms with Gasteiger partial charge in [0.1, 0.15) is 0 Å². The Kier molecular flexibility index (Phi) is 6.81. The molecule has 0 aromatic heterocycles. The summed E-state index contributed by atoms with van der Waals surface area (Å²) in [7, 11) is 0.225. The Morgan fingerprint density at radius 3 is 1.67 bits per heavy atom. The largest absolute Gasteiger partial charge is 0.256 e. The van der Waals surface area contributed by atoms with Crippen molar-refractivity contribution in [2.45, 2.75) is 74.7 Å². The summed E-state index contributed by atoms with van der Waals surface area (Å²) in [5, 5.41) is 0. The maximum Gasteiger partial charge on any atom is -0.0204 e. The van der Waals surface area contributed by atoms with Crippen molar-refractivity contribution < 1.29 is 0 Å². The van der Waals surface area contributed by atoms with Gasteiger partial charge in [0.15, 0.2) is 0 Å². The van der Waals surface area contributed by atoms with E-state index in [0.717, 1.165) is 0 Å². The van der Waals surface area contributed by atoms with Crippen LogP contribution in [0.2, 0.25) is 0 Å². The molecule has 1 unspecified atom stereocenters. The summed E-state index contributed by atoms with van der Waals surface area (Å²) in [6.45, 7) is 19.1. The molecule has 0 aliphatic carbocycles. The second kappa shape index (κ2) is 6.68. The third-order valence-corrected chi connectivity index (χ3v) is 5.65. The zero-order chi connectivity index (χ0) is 14.6. The molecule has 18 heavy (non-hydrogen) atoms. The minimum absolute atomic E-state index is 0.225. The van der Waals surface area contributed by atoms with Crippen molar-refractivity contribution in [3.05, 3.63) is 0 Å². The van der Waals surface area contributed by atoms with Crippen LogP contribution in [0.15, 0.2) is 0 Å². The molecule has 0 spiro atoms. The highest BCUT2D eigenvalue weighted by Crippen LogP contribution is 2.40. The normalized spacial score (nSPS) is 16.8. The van der Waals surface area contributed by atoms with Gasteiger partial charge in [-0.05, 0) is 53.3 Å². The lowest BCUT2D eigenvalue weighted by Crippen LogP contribution is -2.24. The van der Waals surface area contributed by atoms with Crippen molar-refractivity contribution >= 4 is 10.9 Å². The van der Waals surface area contributed by atoms with Crippen molar-refractivity contribution in [1.29, 1.82) is 0 Å². The van der Waals surface area contributed by atoms with Gasteiger partial charge in [0.25, 0.3) is 0 Å². The highest BCUT2D eigenvalue weighted by Gasteiger charge is 2.26. The van der Waals surface area contributed by atoms with Gasteiger partial charge in [-0.1, -0.05) is 55.4 Å². The van der Waals surface area contributed by atoms with Crippen molar-refractivity contribution in [3.63, 3.8) is 0 Å². The molecule has 112 valence electrons. The molecule has 0 heterocycles. The van der Waals surface area contributed by atoms with Gasteiger partial charge < -0.3 is 0 Å². The van der Waals surface area contributed by atoms with Gasteiger partial charge in [-0.25, -0.2) is 0 Å². The molecule has 0 aromatic carbocycles. The Balaban J connectivity index is 4.03. The van der Waals surface area contributed by atoms with Crippen LogP contribution >= 0.6 is 10.9 Å². The van der Waals surface area contributed by atoms with Crippen molar-refractivity contribution in [2.24, 2.45) is 16.2 Å². The van der Waals surface area contributed by atoms with Crippen molar-refractivity contribution in [2.75, 3.05) is 17.8 Å². The lowest BCUT2D eigenvalue weighted by atomic mass is 9.77. The van der Waals surface area contributed by atoms with Crippen molar-refractivity contribution in [3.8, 4) is 0 Å². The Labute approximate surface area is 120 Å². The first-order valence-corrected chi connectivity index (χ1v) is 9.65. The van der Waals surface area contributed by atoms with E-state index in [2.05, 4.69) is 61.6 Å². The minimum atomic E-state index is 0.225. The molecule has 1 atom stereocenters. The molecule has 1 heteroatoms. The van der Waals surface area contributed by atoms with E-state index in [1.165, 1.54) is 30.8 Å². The molecule has 0 rings (SSSR count). The summed E-state index contributed by atoms with van der Waals surface area (Å²) < 4.78 is 0. The van der Waals surface area contributed by atoms with E-state index < -0.39 is 0 Å². The maximum absolute atomic E-state index is 2.50. The van der Waals surface area contributed by atoms with E-state index in [1.54, 1.807) is 0 Å². The molecule has 0 fully saturated rings. The van der Waals surface area contributed by atoms with Crippen LogP contribution in [0, 0.1) is 16.2 Å². The highest BCUT2D eigenvalue weighted by atomic mass is 32.2. The smallest absolute Gasteiger partial charge is 0.0204 e. The third-order valence-electron chi connectivity index (χ3n) is 3.17. The fraction of sp³-hybridized carbons (Fsp3) is 1.00. The predicted molar refractivity (Wildman–Crippen MR) is 91.2 cm³/mol. The average Bonchev–Trinajstić information content (AvgIpc) is 1.93. The summed E-state index contributed by atoms with van der Waals surface area (Å²) in [5.74, 6) is 2.89. The van der Waals surface area contributed by atoms with Gasteiger partial charge in [0.2, 0.25) is 0 Å². The molecule has 0 saturated heterocycles. The molecule has 0 aromatic rings. The predicted octanol–water partition coefficient (Wildman–Crippen LogP) is 5.91. The summed E-state index contributed by atoms with van der Waals surface area (Å²) >= 11 is 0. The van der Waals surface area contributed by atoms with E-state index in [9.17, 15) is 0 Å². The van der Waals surface area contributed by atoms with Crippen LogP contribution in [0.1, 0.15) is 74.7 Å². The topological polar surface area (TPSA) is 0 Å². The summed E-state index contributed by atoms with van der Waals surface area (Å²) in [5.41, 5.74) is 1.49. The SMILES string of the molecule is C[SH](CCCC(C)(C)C)CC(C)(C)CC(C)(C)C. The zero-order valence-corrected chi connectivity index (χ0v) is 15.4. The van der Waals surface area contributed by atoms with Gasteiger partial charge in [-0.15, -0.1) is 0 Å². The Bertz CT molecular complexity index is 227. The van der Waals surface area contributed by atoms with Gasteiger partial charge in [-0.3, -0.25) is 10.9 Å². The van der Waals surface area contributed by atoms with Crippen LogP contribution in [0.25, 0.3) is 0 Å². The van der Waals surface area contributed by atoms with Crippen LogP contribution in [0.5, 0.6) is 0 Å². The molecule has 0 aliphatic rings. The standard InChI is InChI=1S/C17H38S/c1-15(2,3)11-10-12-18(9)14-17(7,8)13-16(4,5)6/h18H,10-14H2,1-9H3. The Morgan fingerprint density at radius 1 is 0.778 bits per heavy atom. The molecule has 0 radical (unpaired) electrons. The Hall–Kier alpha value is 0.350. The number of rotatable bonds is 6. The van der Waals surface area contributed by atoms with Crippen LogP contribution in [0.4, 0.5) is 0 Å². The average molecular weight is 275 g/mol. The second-order valence-electron chi connectivity index (χ2n) is 9.30. The van der Waals surface area contributed by atoms with Crippen LogP contribution in [-0.4, -0.2) is 17.8 Å². The molecule has 0 N–H and O–H groups in total. The summed E-state index contributed by atoms with van der Waals surface area (Å²) in [6.07, 6.45) is 6.63. The Morgan fingerprint density at radius 2 is 1.28 bits per heavy atom. The monoisotopic (exact) mass is 274 g/mol. The quantitative estimate of drug-likeness (QED) is 0.572. The van der Waals surface area contributed by atoms with E-state index in [0.29, 0.717) is 16.2 Å². The number of thiol groups is 1. The van der Waals surface area contributed by atoms with Gasteiger partial charge in [0.05, 0.1) is 0 Å². The zero-order valence-electron chi connectivity index (χ0n) is 14.5. The van der Waals surface area contributed by atoms with Crippen LogP contribution in [-0.2, 0) is 0 Å². The summed E-state index contributed by atoms with van der Waals surface area (Å²) in [6, 6.07) is 0.